The van der Waals surface area contributed by atoms with Gasteiger partial charge in [-0.15, -0.1) is 0 Å². The minimum atomic E-state index is 1.12. The van der Waals surface area contributed by atoms with Crippen LogP contribution in [0.1, 0.15) is 0 Å². The topological polar surface area (TPSA) is 19.0 Å². The summed E-state index contributed by atoms with van der Waals surface area (Å²) in [5.74, 6) is 0. The normalized spacial score (nSPS) is 11.3. The molecule has 0 atom stereocenters. The molecule has 48 heavy (non-hydrogen) atoms. The van der Waals surface area contributed by atoms with Gasteiger partial charge in [0, 0.05) is 33.1 Å². The van der Waals surface area contributed by atoms with Crippen molar-refractivity contribution in [1.29, 1.82) is 0 Å². The Kier molecular flexibility index (Phi) is 6.84. The number of fused-ring (bicyclic) bond motifs is 4. The molecular weight excluding hydrogens is 581 g/mol. The molecule has 0 amide bonds. The second-order valence-corrected chi connectivity index (χ2v) is 12.2. The van der Waals surface area contributed by atoms with Crippen LogP contribution in [-0.4, -0.2) is 4.98 Å². The van der Waals surface area contributed by atoms with Crippen LogP contribution in [-0.2, 0) is 0 Å². The summed E-state index contributed by atoms with van der Waals surface area (Å²) in [7, 11) is 0. The van der Waals surface area contributed by atoms with Gasteiger partial charge in [-0.3, -0.25) is 0 Å². The highest BCUT2D eigenvalue weighted by Gasteiger charge is 2.19. The van der Waals surface area contributed by atoms with Gasteiger partial charge in [-0.05, 0) is 63.4 Å². The summed E-state index contributed by atoms with van der Waals surface area (Å²) < 4.78 is 0. The van der Waals surface area contributed by atoms with E-state index < -0.39 is 0 Å². The highest BCUT2D eigenvalue weighted by Crippen LogP contribution is 2.43. The molecule has 9 aromatic rings. The Labute approximate surface area is 280 Å². The van der Waals surface area contributed by atoms with Crippen molar-refractivity contribution in [3.63, 3.8) is 0 Å². The molecular formula is C46H32N2. The number of nitrogens with zero attached hydrogens (tertiary/aromatic N) is 1. The van der Waals surface area contributed by atoms with Crippen LogP contribution in [0.2, 0.25) is 0 Å². The fourth-order valence-corrected chi connectivity index (χ4v) is 7.20. The zero-order chi connectivity index (χ0) is 31.9. The van der Waals surface area contributed by atoms with Gasteiger partial charge < -0.3 is 9.88 Å². The average Bonchev–Trinajstić information content (AvgIpc) is 3.57. The van der Waals surface area contributed by atoms with Crippen LogP contribution in [0.5, 0.6) is 0 Å². The lowest BCUT2D eigenvalue weighted by Crippen LogP contribution is -2.10. The van der Waals surface area contributed by atoms with Gasteiger partial charge in [0.05, 0.1) is 16.9 Å². The van der Waals surface area contributed by atoms with Crippen LogP contribution in [0.3, 0.4) is 0 Å². The molecule has 0 unspecified atom stereocenters. The van der Waals surface area contributed by atoms with Crippen molar-refractivity contribution in [2.45, 2.75) is 0 Å². The van der Waals surface area contributed by atoms with Crippen LogP contribution in [0, 0.1) is 0 Å². The van der Waals surface area contributed by atoms with E-state index in [1.165, 1.54) is 54.7 Å². The van der Waals surface area contributed by atoms with E-state index in [0.29, 0.717) is 0 Å². The Morgan fingerprint density at radius 2 is 0.938 bits per heavy atom. The zero-order valence-electron chi connectivity index (χ0n) is 26.3. The fourth-order valence-electron chi connectivity index (χ4n) is 7.20. The number of hydrogen-bond acceptors (Lipinski definition) is 1. The smallest absolute Gasteiger partial charge is 0.0545 e. The first-order valence-electron chi connectivity index (χ1n) is 16.5. The first-order valence-corrected chi connectivity index (χ1v) is 16.5. The maximum absolute atomic E-state index is 3.87. The fraction of sp³-hybridized carbons (Fsp3) is 0. The number of benzene rings is 8. The maximum Gasteiger partial charge on any atom is 0.0545 e. The molecule has 1 heterocycles. The van der Waals surface area contributed by atoms with Crippen molar-refractivity contribution >= 4 is 49.5 Å². The second-order valence-electron chi connectivity index (χ2n) is 12.2. The quantitative estimate of drug-likeness (QED) is 0.198. The van der Waals surface area contributed by atoms with E-state index in [4.69, 9.17) is 0 Å². The molecule has 1 N–H and O–H groups in total. The molecule has 2 nitrogen and oxygen atoms in total. The summed E-state index contributed by atoms with van der Waals surface area (Å²) in [6.45, 7) is 0. The summed E-state index contributed by atoms with van der Waals surface area (Å²) >= 11 is 0. The summed E-state index contributed by atoms with van der Waals surface area (Å²) in [5, 5.41) is 6.13. The van der Waals surface area contributed by atoms with Gasteiger partial charge in [0.1, 0.15) is 0 Å². The molecule has 0 saturated carbocycles. The van der Waals surface area contributed by atoms with Crippen LogP contribution in [0.15, 0.2) is 188 Å². The Morgan fingerprint density at radius 1 is 0.354 bits per heavy atom. The number of nitrogens with one attached hydrogen (secondary N) is 1. The predicted octanol–water partition coefficient (Wildman–Crippen LogP) is 12.9. The zero-order valence-corrected chi connectivity index (χ0v) is 26.3. The highest BCUT2D eigenvalue weighted by atomic mass is 15.1. The summed E-state index contributed by atoms with van der Waals surface area (Å²) in [5.41, 5.74) is 11.8. The number of H-pyrrole nitrogens is 1. The molecule has 0 radical (unpaired) electrons. The Balaban J connectivity index is 1.18. The molecule has 0 spiro atoms. The highest BCUT2D eigenvalue weighted by molar-refractivity contribution is 6.17. The number of rotatable bonds is 6. The van der Waals surface area contributed by atoms with Crippen molar-refractivity contribution in [2.75, 3.05) is 4.90 Å². The lowest BCUT2D eigenvalue weighted by molar-refractivity contribution is 1.30. The second kappa shape index (κ2) is 11.8. The van der Waals surface area contributed by atoms with E-state index in [2.05, 4.69) is 198 Å². The van der Waals surface area contributed by atoms with E-state index in [1.54, 1.807) is 0 Å². The minimum Gasteiger partial charge on any atom is -0.353 e. The molecule has 0 saturated heterocycles. The van der Waals surface area contributed by atoms with Crippen LogP contribution >= 0.6 is 0 Å². The number of aromatic nitrogens is 1. The number of hydrogen-bond donors (Lipinski definition) is 1. The van der Waals surface area contributed by atoms with E-state index in [-0.39, 0.29) is 0 Å². The van der Waals surface area contributed by atoms with Crippen LogP contribution in [0.25, 0.3) is 66.0 Å². The summed E-state index contributed by atoms with van der Waals surface area (Å²) in [6.07, 6.45) is 0. The monoisotopic (exact) mass is 612 g/mol. The third-order valence-corrected chi connectivity index (χ3v) is 9.41. The molecule has 2 heteroatoms. The molecule has 0 aliphatic carbocycles. The first-order chi connectivity index (χ1) is 23.8. The molecule has 0 bridgehead atoms. The van der Waals surface area contributed by atoms with E-state index in [1.807, 2.05) is 0 Å². The third-order valence-electron chi connectivity index (χ3n) is 9.41. The van der Waals surface area contributed by atoms with Crippen molar-refractivity contribution in [2.24, 2.45) is 0 Å². The van der Waals surface area contributed by atoms with Crippen LogP contribution < -0.4 is 4.90 Å². The van der Waals surface area contributed by atoms with Gasteiger partial charge in [-0.1, -0.05) is 158 Å². The van der Waals surface area contributed by atoms with Gasteiger partial charge in [-0.2, -0.15) is 0 Å². The van der Waals surface area contributed by atoms with Crippen molar-refractivity contribution in [1.82, 2.24) is 4.98 Å². The van der Waals surface area contributed by atoms with E-state index in [9.17, 15) is 0 Å². The number of aromatic amines is 1. The Bertz CT molecular complexity index is 2530. The van der Waals surface area contributed by atoms with E-state index in [0.717, 1.165) is 28.3 Å². The Hall–Kier alpha value is -6.38. The van der Waals surface area contributed by atoms with Crippen molar-refractivity contribution < 1.29 is 0 Å². The van der Waals surface area contributed by atoms with Gasteiger partial charge in [-0.25, -0.2) is 0 Å². The molecule has 0 aliphatic rings. The number of para-hydroxylation sites is 1. The van der Waals surface area contributed by atoms with Gasteiger partial charge in [0.15, 0.2) is 0 Å². The van der Waals surface area contributed by atoms with Gasteiger partial charge in [0.25, 0.3) is 0 Å². The molecule has 0 aliphatic heterocycles. The molecule has 9 rings (SSSR count). The standard InChI is InChI=1S/C46H32N2/c1-4-15-34(16-5-1)44-42-31-30-40-38(23-13-24-41(40)46(42)47-45(44)35-17-6-2-7-18-35)33-26-28-37(29-27-33)48(36-20-8-3-9-21-36)43-25-12-19-32-14-10-11-22-39(32)43/h1-31,47H. The average molecular weight is 613 g/mol. The van der Waals surface area contributed by atoms with Gasteiger partial charge >= 0.3 is 0 Å². The number of anilines is 3. The largest absolute Gasteiger partial charge is 0.353 e. The minimum absolute atomic E-state index is 1.12. The lowest BCUT2D eigenvalue weighted by atomic mass is 9.94. The predicted molar refractivity (Wildman–Crippen MR) is 204 cm³/mol. The summed E-state index contributed by atoms with van der Waals surface area (Å²) in [4.78, 5) is 6.22. The summed E-state index contributed by atoms with van der Waals surface area (Å²) in [6, 6.07) is 67.4. The molecule has 8 aromatic carbocycles. The first kappa shape index (κ1) is 27.9. The van der Waals surface area contributed by atoms with E-state index >= 15 is 0 Å². The Morgan fingerprint density at radius 3 is 1.71 bits per heavy atom. The lowest BCUT2D eigenvalue weighted by Gasteiger charge is -2.27. The maximum atomic E-state index is 3.87. The van der Waals surface area contributed by atoms with Crippen LogP contribution in [0.4, 0.5) is 17.1 Å². The molecule has 1 aromatic heterocycles. The van der Waals surface area contributed by atoms with Gasteiger partial charge in [0.2, 0.25) is 0 Å². The van der Waals surface area contributed by atoms with Crippen molar-refractivity contribution in [3.05, 3.63) is 188 Å². The molecule has 226 valence electrons. The SMILES string of the molecule is c1ccc(-c2[nH]c3c(ccc4c(-c5ccc(N(c6ccccc6)c6cccc7ccccc67)cc5)cccc43)c2-c2ccccc2)cc1. The molecule has 0 fully saturated rings. The van der Waals surface area contributed by atoms with Crippen molar-refractivity contribution in [3.8, 4) is 33.5 Å². The third kappa shape index (κ3) is 4.74.